The topological polar surface area (TPSA) is 47.7 Å². The normalized spacial score (nSPS) is 15.1. The van der Waals surface area contributed by atoms with Crippen LogP contribution >= 0.6 is 0 Å². The first-order chi connectivity index (χ1) is 8.61. The van der Waals surface area contributed by atoms with Crippen molar-refractivity contribution in [2.75, 3.05) is 5.32 Å². The summed E-state index contributed by atoms with van der Waals surface area (Å²) in [5.74, 6) is 0.984. The summed E-state index contributed by atoms with van der Waals surface area (Å²) >= 11 is 0. The van der Waals surface area contributed by atoms with E-state index in [0.717, 1.165) is 23.9 Å². The lowest BCUT2D eigenvalue weighted by molar-refractivity contribution is 0.755. The van der Waals surface area contributed by atoms with E-state index in [1.807, 2.05) is 25.6 Å². The van der Waals surface area contributed by atoms with Crippen molar-refractivity contribution in [3.8, 4) is 0 Å². The predicted molar refractivity (Wildman–Crippen MR) is 70.7 cm³/mol. The first-order valence-corrected chi connectivity index (χ1v) is 6.41. The van der Waals surface area contributed by atoms with Crippen molar-refractivity contribution in [2.24, 2.45) is 7.05 Å². The van der Waals surface area contributed by atoms with Crippen LogP contribution < -0.4 is 5.32 Å². The fourth-order valence-electron chi connectivity index (χ4n) is 2.18. The van der Waals surface area contributed by atoms with Crippen molar-refractivity contribution in [2.45, 2.75) is 39.3 Å². The van der Waals surface area contributed by atoms with Gasteiger partial charge in [0.1, 0.15) is 0 Å². The molecule has 0 amide bonds. The highest BCUT2D eigenvalue weighted by atomic mass is 15.3. The minimum atomic E-state index is 0.626. The van der Waals surface area contributed by atoms with E-state index < -0.39 is 0 Å². The lowest BCUT2D eigenvalue weighted by Crippen LogP contribution is -2.09. The maximum Gasteiger partial charge on any atom is 0.203 e. The molecule has 0 aromatic carbocycles. The molecule has 0 atom stereocenters. The number of hydrogen-bond acceptors (Lipinski definition) is 3. The largest absolute Gasteiger partial charge is 0.353 e. The maximum absolute atomic E-state index is 4.55. The highest BCUT2D eigenvalue weighted by molar-refractivity contribution is 5.33. The van der Waals surface area contributed by atoms with E-state index in [-0.39, 0.29) is 0 Å². The van der Waals surface area contributed by atoms with Crippen LogP contribution in [0.5, 0.6) is 0 Å². The first-order valence-electron chi connectivity index (χ1n) is 6.41. The molecule has 0 spiro atoms. The minimum Gasteiger partial charge on any atom is -0.353 e. The second-order valence-corrected chi connectivity index (χ2v) is 5.17. The van der Waals surface area contributed by atoms with Crippen LogP contribution in [0, 0.1) is 13.8 Å². The highest BCUT2D eigenvalue weighted by Crippen LogP contribution is 2.24. The lowest BCUT2D eigenvalue weighted by atomic mass is 10.2. The molecule has 5 nitrogen and oxygen atoms in total. The van der Waals surface area contributed by atoms with Crippen molar-refractivity contribution < 1.29 is 0 Å². The molecule has 0 saturated heterocycles. The van der Waals surface area contributed by atoms with Gasteiger partial charge in [-0.1, -0.05) is 0 Å². The summed E-state index contributed by atoms with van der Waals surface area (Å²) in [7, 11) is 1.96. The molecule has 1 fully saturated rings. The van der Waals surface area contributed by atoms with Crippen LogP contribution in [0.25, 0.3) is 0 Å². The average Bonchev–Trinajstić information content (AvgIpc) is 2.95. The number of aryl methyl sites for hydroxylation is 3. The molecule has 0 radical (unpaired) electrons. The number of hydrogen-bond donors (Lipinski definition) is 1. The Kier molecular flexibility index (Phi) is 2.61. The third kappa shape index (κ3) is 2.25. The SMILES string of the molecule is Cc1cn(Cc2cn(C)nc2C)c(NC2CC2)n1. The van der Waals surface area contributed by atoms with Crippen LogP contribution in [-0.2, 0) is 13.6 Å². The molecule has 0 aliphatic heterocycles. The molecule has 1 saturated carbocycles. The van der Waals surface area contributed by atoms with E-state index in [2.05, 4.69) is 32.4 Å². The van der Waals surface area contributed by atoms with E-state index in [9.17, 15) is 0 Å². The zero-order valence-electron chi connectivity index (χ0n) is 11.1. The van der Waals surface area contributed by atoms with Crippen molar-refractivity contribution in [3.05, 3.63) is 29.3 Å². The predicted octanol–water partition coefficient (Wildman–Crippen LogP) is 1.86. The number of anilines is 1. The van der Waals surface area contributed by atoms with Crippen LogP contribution in [0.3, 0.4) is 0 Å². The molecule has 2 aromatic heterocycles. The van der Waals surface area contributed by atoms with Gasteiger partial charge in [0.05, 0.1) is 17.9 Å². The van der Waals surface area contributed by atoms with Crippen LogP contribution in [-0.4, -0.2) is 25.4 Å². The smallest absolute Gasteiger partial charge is 0.203 e. The fraction of sp³-hybridized carbons (Fsp3) is 0.538. The summed E-state index contributed by atoms with van der Waals surface area (Å²) in [6, 6.07) is 0.626. The van der Waals surface area contributed by atoms with Crippen molar-refractivity contribution in [3.63, 3.8) is 0 Å². The molecule has 0 bridgehead atoms. The Labute approximate surface area is 107 Å². The molecule has 1 aliphatic rings. The average molecular weight is 245 g/mol. The highest BCUT2D eigenvalue weighted by Gasteiger charge is 2.23. The Balaban J connectivity index is 1.84. The van der Waals surface area contributed by atoms with Gasteiger partial charge in [-0.15, -0.1) is 0 Å². The standard InChI is InChI=1S/C13H19N5/c1-9-6-18(13(14-9)15-12-4-5-12)8-11-7-17(3)16-10(11)2/h6-7,12H,4-5,8H2,1-3H3,(H,14,15). The third-order valence-corrected chi connectivity index (χ3v) is 3.26. The minimum absolute atomic E-state index is 0.626. The molecule has 5 heteroatoms. The first kappa shape index (κ1) is 11.3. The summed E-state index contributed by atoms with van der Waals surface area (Å²) < 4.78 is 4.04. The second-order valence-electron chi connectivity index (χ2n) is 5.17. The zero-order chi connectivity index (χ0) is 12.7. The summed E-state index contributed by atoms with van der Waals surface area (Å²) in [5, 5.41) is 7.86. The molecule has 0 unspecified atom stereocenters. The van der Waals surface area contributed by atoms with E-state index in [4.69, 9.17) is 0 Å². The van der Waals surface area contributed by atoms with Gasteiger partial charge >= 0.3 is 0 Å². The fourth-order valence-corrected chi connectivity index (χ4v) is 2.18. The summed E-state index contributed by atoms with van der Waals surface area (Å²) in [4.78, 5) is 4.55. The number of nitrogens with one attached hydrogen (secondary N) is 1. The van der Waals surface area contributed by atoms with Crippen molar-refractivity contribution in [1.29, 1.82) is 0 Å². The molecule has 18 heavy (non-hydrogen) atoms. The van der Waals surface area contributed by atoms with Gasteiger partial charge in [0, 0.05) is 31.0 Å². The van der Waals surface area contributed by atoms with Crippen LogP contribution in [0.15, 0.2) is 12.4 Å². The van der Waals surface area contributed by atoms with Crippen molar-refractivity contribution >= 4 is 5.95 Å². The molecule has 96 valence electrons. The maximum atomic E-state index is 4.55. The number of rotatable bonds is 4. The van der Waals surface area contributed by atoms with E-state index in [1.165, 1.54) is 18.4 Å². The molecule has 2 aromatic rings. The quantitative estimate of drug-likeness (QED) is 0.894. The van der Waals surface area contributed by atoms with Gasteiger partial charge in [-0.3, -0.25) is 4.68 Å². The Bertz CT molecular complexity index is 562. The summed E-state index contributed by atoms with van der Waals surface area (Å²) in [6.45, 7) is 4.91. The van der Waals surface area contributed by atoms with Gasteiger partial charge in [0.25, 0.3) is 0 Å². The zero-order valence-corrected chi connectivity index (χ0v) is 11.1. The monoisotopic (exact) mass is 245 g/mol. The summed E-state index contributed by atoms with van der Waals surface area (Å²) in [6.07, 6.45) is 6.69. The molecule has 1 aliphatic carbocycles. The Morgan fingerprint density at radius 2 is 2.11 bits per heavy atom. The van der Waals surface area contributed by atoms with Crippen LogP contribution in [0.2, 0.25) is 0 Å². The number of aromatic nitrogens is 4. The van der Waals surface area contributed by atoms with Gasteiger partial charge in [0.2, 0.25) is 5.95 Å². The van der Waals surface area contributed by atoms with Crippen LogP contribution in [0.1, 0.15) is 29.8 Å². The molecule has 3 rings (SSSR count). The van der Waals surface area contributed by atoms with Gasteiger partial charge in [-0.25, -0.2) is 4.98 Å². The van der Waals surface area contributed by atoms with Gasteiger partial charge in [-0.2, -0.15) is 5.10 Å². The van der Waals surface area contributed by atoms with Crippen molar-refractivity contribution in [1.82, 2.24) is 19.3 Å². The lowest BCUT2D eigenvalue weighted by Gasteiger charge is -2.08. The van der Waals surface area contributed by atoms with Gasteiger partial charge in [-0.05, 0) is 26.7 Å². The Morgan fingerprint density at radius 1 is 1.33 bits per heavy atom. The van der Waals surface area contributed by atoms with E-state index in [0.29, 0.717) is 6.04 Å². The second kappa shape index (κ2) is 4.15. The molecular weight excluding hydrogens is 226 g/mol. The number of nitrogens with zero attached hydrogens (tertiary/aromatic N) is 4. The molecular formula is C13H19N5. The van der Waals surface area contributed by atoms with Gasteiger partial charge in [0.15, 0.2) is 0 Å². The van der Waals surface area contributed by atoms with E-state index >= 15 is 0 Å². The number of imidazole rings is 1. The molecule has 2 heterocycles. The van der Waals surface area contributed by atoms with Gasteiger partial charge < -0.3 is 9.88 Å². The van der Waals surface area contributed by atoms with Crippen LogP contribution in [0.4, 0.5) is 5.95 Å². The third-order valence-electron chi connectivity index (χ3n) is 3.26. The Hall–Kier alpha value is -1.78. The summed E-state index contributed by atoms with van der Waals surface area (Å²) in [5.41, 5.74) is 3.38. The Morgan fingerprint density at radius 3 is 2.72 bits per heavy atom. The van der Waals surface area contributed by atoms with E-state index in [1.54, 1.807) is 0 Å². The molecule has 1 N–H and O–H groups in total.